The fraction of sp³-hybridized carbons (Fsp3) is 0.0909. The predicted octanol–water partition coefficient (Wildman–Crippen LogP) is 2.30. The lowest BCUT2D eigenvalue weighted by Gasteiger charge is -2.10. The van der Waals surface area contributed by atoms with Gasteiger partial charge in [0.1, 0.15) is 5.56 Å². The topological polar surface area (TPSA) is 101 Å². The van der Waals surface area contributed by atoms with E-state index in [2.05, 4.69) is 19.7 Å². The number of nitrogens with zero attached hydrogens (tertiary/aromatic N) is 1. The van der Waals surface area contributed by atoms with Crippen LogP contribution in [0.1, 0.15) is 10.4 Å². The van der Waals surface area contributed by atoms with Gasteiger partial charge in [0.15, 0.2) is 5.03 Å². The molecule has 21 heavy (non-hydrogen) atoms. The molecule has 2 N–H and O–H groups in total. The third-order valence-electron chi connectivity index (χ3n) is 2.48. The lowest BCUT2D eigenvalue weighted by molar-refractivity contribution is 0.0596. The maximum atomic E-state index is 12.3. The second kappa shape index (κ2) is 5.92. The van der Waals surface area contributed by atoms with Gasteiger partial charge in [-0.2, -0.15) is 13.5 Å². The number of H-pyrrole nitrogens is 1. The summed E-state index contributed by atoms with van der Waals surface area (Å²) >= 11 is 11.8. The van der Waals surface area contributed by atoms with Gasteiger partial charge < -0.3 is 4.74 Å². The Morgan fingerprint density at radius 2 is 1.95 bits per heavy atom. The van der Waals surface area contributed by atoms with E-state index >= 15 is 0 Å². The van der Waals surface area contributed by atoms with E-state index in [-0.39, 0.29) is 21.3 Å². The highest BCUT2D eigenvalue weighted by atomic mass is 35.5. The number of ether oxygens (including phenoxy) is 1. The quantitative estimate of drug-likeness (QED) is 0.824. The lowest BCUT2D eigenvalue weighted by atomic mass is 10.3. The monoisotopic (exact) mass is 349 g/mol. The summed E-state index contributed by atoms with van der Waals surface area (Å²) in [5.74, 6) is -0.839. The summed E-state index contributed by atoms with van der Waals surface area (Å²) < 4.78 is 31.3. The van der Waals surface area contributed by atoms with Crippen LogP contribution in [-0.4, -0.2) is 31.7 Å². The predicted molar refractivity (Wildman–Crippen MR) is 77.2 cm³/mol. The number of hydrogen-bond donors (Lipinski definition) is 2. The first-order valence-electron chi connectivity index (χ1n) is 5.45. The smallest absolute Gasteiger partial charge is 0.342 e. The molecule has 0 spiro atoms. The molecule has 0 aliphatic heterocycles. The zero-order valence-electron chi connectivity index (χ0n) is 10.6. The number of aromatic nitrogens is 2. The first-order valence-corrected chi connectivity index (χ1v) is 7.69. The molecular formula is C11H9Cl2N3O4S. The van der Waals surface area contributed by atoms with Crippen LogP contribution in [-0.2, 0) is 14.8 Å². The van der Waals surface area contributed by atoms with E-state index in [1.807, 2.05) is 0 Å². The van der Waals surface area contributed by atoms with Crippen molar-refractivity contribution < 1.29 is 17.9 Å². The zero-order chi connectivity index (χ0) is 15.6. The van der Waals surface area contributed by atoms with Crippen LogP contribution in [0.5, 0.6) is 0 Å². The Kier molecular flexibility index (Phi) is 4.40. The average molecular weight is 350 g/mol. The van der Waals surface area contributed by atoms with Crippen LogP contribution in [0.3, 0.4) is 0 Å². The van der Waals surface area contributed by atoms with Gasteiger partial charge in [0.2, 0.25) is 0 Å². The summed E-state index contributed by atoms with van der Waals surface area (Å²) in [5, 5.41) is 5.56. The standard InChI is InChI=1S/C11H9Cl2N3O4S/c1-20-11(17)6-5-14-15-10(6)21(18,19)16-9-7(12)3-2-4-8(9)13/h2-5,16H,1H3,(H,14,15). The molecule has 0 saturated carbocycles. The van der Waals surface area contributed by atoms with Crippen molar-refractivity contribution in [2.75, 3.05) is 11.8 Å². The van der Waals surface area contributed by atoms with Crippen LogP contribution >= 0.6 is 23.2 Å². The van der Waals surface area contributed by atoms with E-state index in [4.69, 9.17) is 23.2 Å². The molecule has 0 atom stereocenters. The summed E-state index contributed by atoms with van der Waals surface area (Å²) in [4.78, 5) is 11.5. The van der Waals surface area contributed by atoms with Crippen LogP contribution in [0.4, 0.5) is 5.69 Å². The fourth-order valence-corrected chi connectivity index (χ4v) is 3.31. The maximum Gasteiger partial charge on any atom is 0.342 e. The zero-order valence-corrected chi connectivity index (χ0v) is 12.9. The Hall–Kier alpha value is -1.77. The van der Waals surface area contributed by atoms with Gasteiger partial charge in [0.05, 0.1) is 29.0 Å². The number of esters is 1. The van der Waals surface area contributed by atoms with Gasteiger partial charge in [0.25, 0.3) is 10.0 Å². The van der Waals surface area contributed by atoms with E-state index in [0.29, 0.717) is 0 Å². The van der Waals surface area contributed by atoms with E-state index in [1.165, 1.54) is 12.1 Å². The molecule has 10 heteroatoms. The Morgan fingerprint density at radius 1 is 1.33 bits per heavy atom. The number of sulfonamides is 1. The molecule has 7 nitrogen and oxygen atoms in total. The number of hydrogen-bond acceptors (Lipinski definition) is 5. The third-order valence-corrected chi connectivity index (χ3v) is 4.43. The number of anilines is 1. The van der Waals surface area contributed by atoms with Crippen LogP contribution in [0.2, 0.25) is 10.0 Å². The van der Waals surface area contributed by atoms with E-state index in [0.717, 1.165) is 13.3 Å². The van der Waals surface area contributed by atoms with Crippen LogP contribution in [0.15, 0.2) is 29.4 Å². The Balaban J connectivity index is 2.45. The van der Waals surface area contributed by atoms with E-state index in [9.17, 15) is 13.2 Å². The van der Waals surface area contributed by atoms with Gasteiger partial charge in [-0.05, 0) is 12.1 Å². The highest BCUT2D eigenvalue weighted by Gasteiger charge is 2.26. The summed E-state index contributed by atoms with van der Waals surface area (Å²) in [6.45, 7) is 0. The second-order valence-corrected chi connectivity index (χ2v) is 6.24. The van der Waals surface area contributed by atoms with Crippen LogP contribution < -0.4 is 4.72 Å². The number of benzene rings is 1. The normalized spacial score (nSPS) is 11.2. The SMILES string of the molecule is COC(=O)c1cn[nH]c1S(=O)(=O)Nc1c(Cl)cccc1Cl. The summed E-state index contributed by atoms with van der Waals surface area (Å²) in [6, 6.07) is 4.51. The number of halogens is 2. The largest absolute Gasteiger partial charge is 0.465 e. The lowest BCUT2D eigenvalue weighted by Crippen LogP contribution is -2.17. The van der Waals surface area contributed by atoms with E-state index in [1.54, 1.807) is 6.07 Å². The minimum atomic E-state index is -4.14. The molecular weight excluding hydrogens is 341 g/mol. The molecule has 0 aliphatic rings. The molecule has 112 valence electrons. The molecule has 0 bridgehead atoms. The Bertz CT molecular complexity index is 768. The van der Waals surface area contributed by atoms with Crippen molar-refractivity contribution in [3.63, 3.8) is 0 Å². The highest BCUT2D eigenvalue weighted by Crippen LogP contribution is 2.31. The summed E-state index contributed by atoms with van der Waals surface area (Å²) in [7, 11) is -3.01. The molecule has 0 unspecified atom stereocenters. The maximum absolute atomic E-state index is 12.3. The number of nitrogens with one attached hydrogen (secondary N) is 2. The summed E-state index contributed by atoms with van der Waals surface area (Å²) in [5.41, 5.74) is -0.223. The molecule has 2 aromatic rings. The van der Waals surface area contributed by atoms with Crippen molar-refractivity contribution >= 4 is 44.9 Å². The first kappa shape index (κ1) is 15.6. The molecule has 2 rings (SSSR count). The van der Waals surface area contributed by atoms with Crippen molar-refractivity contribution in [2.24, 2.45) is 0 Å². The van der Waals surface area contributed by atoms with Gasteiger partial charge in [-0.25, -0.2) is 4.79 Å². The van der Waals surface area contributed by atoms with Crippen molar-refractivity contribution in [2.45, 2.75) is 5.03 Å². The van der Waals surface area contributed by atoms with Crippen molar-refractivity contribution in [1.29, 1.82) is 0 Å². The minimum absolute atomic E-state index is 0.00579. The van der Waals surface area contributed by atoms with Crippen molar-refractivity contribution in [3.05, 3.63) is 40.0 Å². The average Bonchev–Trinajstić information content (AvgIpc) is 2.92. The molecule has 1 aromatic heterocycles. The fourth-order valence-electron chi connectivity index (χ4n) is 1.52. The molecule has 0 saturated heterocycles. The van der Waals surface area contributed by atoms with Gasteiger partial charge in [-0.1, -0.05) is 29.3 Å². The Labute approximate surface area is 130 Å². The van der Waals surface area contributed by atoms with Crippen LogP contribution in [0.25, 0.3) is 0 Å². The third kappa shape index (κ3) is 3.12. The molecule has 1 heterocycles. The highest BCUT2D eigenvalue weighted by molar-refractivity contribution is 7.92. The number of carbonyl (C=O) groups is 1. The number of aromatic amines is 1. The van der Waals surface area contributed by atoms with Crippen molar-refractivity contribution in [1.82, 2.24) is 10.2 Å². The van der Waals surface area contributed by atoms with E-state index < -0.39 is 21.0 Å². The molecule has 0 radical (unpaired) electrons. The Morgan fingerprint density at radius 3 is 2.52 bits per heavy atom. The summed E-state index contributed by atoms with van der Waals surface area (Å²) in [6.07, 6.45) is 1.05. The number of para-hydroxylation sites is 1. The second-order valence-electron chi connectivity index (χ2n) is 3.81. The molecule has 0 amide bonds. The molecule has 1 aromatic carbocycles. The first-order chi connectivity index (χ1) is 9.86. The number of methoxy groups -OCH3 is 1. The van der Waals surface area contributed by atoms with Crippen molar-refractivity contribution in [3.8, 4) is 0 Å². The van der Waals surface area contributed by atoms with Gasteiger partial charge in [-0.15, -0.1) is 0 Å². The van der Waals surface area contributed by atoms with Gasteiger partial charge >= 0.3 is 5.97 Å². The van der Waals surface area contributed by atoms with Gasteiger partial charge in [-0.3, -0.25) is 9.82 Å². The molecule has 0 aliphatic carbocycles. The number of carbonyl (C=O) groups excluding carboxylic acids is 1. The van der Waals surface area contributed by atoms with Crippen LogP contribution in [0, 0.1) is 0 Å². The minimum Gasteiger partial charge on any atom is -0.465 e. The number of rotatable bonds is 4. The molecule has 0 fully saturated rings. The van der Waals surface area contributed by atoms with Gasteiger partial charge in [0, 0.05) is 0 Å².